The second-order valence-electron chi connectivity index (χ2n) is 16.2. The van der Waals surface area contributed by atoms with Crippen molar-refractivity contribution in [2.45, 2.75) is 131 Å². The van der Waals surface area contributed by atoms with E-state index in [0.29, 0.717) is 18.4 Å². The van der Waals surface area contributed by atoms with Crippen LogP contribution in [0.25, 0.3) is 0 Å². The molecule has 1 saturated carbocycles. The van der Waals surface area contributed by atoms with Gasteiger partial charge in [0.2, 0.25) is 29.4 Å². The van der Waals surface area contributed by atoms with Gasteiger partial charge in [-0.1, -0.05) is 97.6 Å². The molecule has 6 amide bonds. The quantitative estimate of drug-likeness (QED) is 0.228. The van der Waals surface area contributed by atoms with E-state index < -0.39 is 77.7 Å². The van der Waals surface area contributed by atoms with E-state index in [4.69, 9.17) is 4.74 Å². The summed E-state index contributed by atoms with van der Waals surface area (Å²) in [7, 11) is 3.21. The molecule has 14 nitrogen and oxygen atoms in total. The normalized spacial score (nSPS) is 16.4. The van der Waals surface area contributed by atoms with Crippen molar-refractivity contribution >= 4 is 41.4 Å². The van der Waals surface area contributed by atoms with Gasteiger partial charge in [-0.3, -0.25) is 28.8 Å². The number of amides is 6. The van der Waals surface area contributed by atoms with Crippen molar-refractivity contribution in [1.82, 2.24) is 31.1 Å². The number of ketones is 1. The molecule has 304 valence electrons. The fourth-order valence-electron chi connectivity index (χ4n) is 5.32. The van der Waals surface area contributed by atoms with Gasteiger partial charge in [-0.15, -0.1) is 0 Å². The number of ether oxygens (including phenoxy) is 1. The molecule has 14 heteroatoms. The molecule has 1 saturated heterocycles. The molecule has 3 rings (SSSR count). The molecule has 3 unspecified atom stereocenters. The molecule has 0 spiro atoms. The average Bonchev–Trinajstić information content (AvgIpc) is 3.57. The molecular weight excluding hydrogens is 692 g/mol. The summed E-state index contributed by atoms with van der Waals surface area (Å²) < 4.78 is 5.32. The number of carbonyl (C=O) groups is 7. The zero-order valence-corrected chi connectivity index (χ0v) is 34.4. The smallest absolute Gasteiger partial charge is 0.408 e. The van der Waals surface area contributed by atoms with Crippen LogP contribution in [0.2, 0.25) is 0 Å². The summed E-state index contributed by atoms with van der Waals surface area (Å²) >= 11 is 0. The number of carbonyl (C=O) groups excluding carboxylic acids is 7. The number of nitrogens with zero attached hydrogens (tertiary/aromatic N) is 2. The van der Waals surface area contributed by atoms with Gasteiger partial charge in [0, 0.05) is 20.6 Å². The topological polar surface area (TPSA) is 183 Å². The van der Waals surface area contributed by atoms with E-state index in [9.17, 15) is 33.6 Å². The second-order valence-corrected chi connectivity index (χ2v) is 16.2. The van der Waals surface area contributed by atoms with Crippen LogP contribution in [0.15, 0.2) is 30.3 Å². The highest BCUT2D eigenvalue weighted by molar-refractivity contribution is 6.37. The van der Waals surface area contributed by atoms with Crippen molar-refractivity contribution in [2.24, 2.45) is 11.3 Å². The fraction of sp³-hybridized carbons (Fsp3) is 0.675. The van der Waals surface area contributed by atoms with E-state index >= 15 is 0 Å². The van der Waals surface area contributed by atoms with Gasteiger partial charge in [0.05, 0.1) is 25.6 Å². The van der Waals surface area contributed by atoms with Crippen LogP contribution in [-0.2, 0) is 33.5 Å². The molecular formula is C40H66N6O8. The first-order chi connectivity index (χ1) is 25.1. The maximum absolute atomic E-state index is 13.5. The summed E-state index contributed by atoms with van der Waals surface area (Å²) in [5.41, 5.74) is -0.781. The highest BCUT2D eigenvalue weighted by Crippen LogP contribution is 2.27. The maximum atomic E-state index is 13.5. The fourth-order valence-corrected chi connectivity index (χ4v) is 5.32. The minimum absolute atomic E-state index is 0.00405. The second kappa shape index (κ2) is 22.7. The largest absolute Gasteiger partial charge is 0.444 e. The Hall–Kier alpha value is -4.49. The maximum Gasteiger partial charge on any atom is 0.408 e. The molecule has 0 radical (unpaired) electrons. The Kier molecular flexibility index (Phi) is 19.9. The predicted octanol–water partition coefficient (Wildman–Crippen LogP) is 4.28. The molecule has 1 aliphatic heterocycles. The van der Waals surface area contributed by atoms with Crippen LogP contribution in [0.5, 0.6) is 0 Å². The Balaban J connectivity index is 0.00000162. The molecule has 54 heavy (non-hydrogen) atoms. The van der Waals surface area contributed by atoms with Crippen LogP contribution < -0.4 is 21.3 Å². The Morgan fingerprint density at radius 2 is 1.43 bits per heavy atom. The number of benzene rings is 1. The van der Waals surface area contributed by atoms with Crippen LogP contribution in [0, 0.1) is 11.3 Å². The molecule has 1 heterocycles. The van der Waals surface area contributed by atoms with Crippen LogP contribution in [0.4, 0.5) is 4.79 Å². The van der Waals surface area contributed by atoms with Crippen molar-refractivity contribution < 1.29 is 38.3 Å². The summed E-state index contributed by atoms with van der Waals surface area (Å²) in [5.74, 6) is -2.91. The van der Waals surface area contributed by atoms with E-state index in [1.807, 2.05) is 0 Å². The molecule has 1 aromatic carbocycles. The van der Waals surface area contributed by atoms with Crippen molar-refractivity contribution in [1.29, 1.82) is 0 Å². The monoisotopic (exact) mass is 758 g/mol. The van der Waals surface area contributed by atoms with E-state index in [1.54, 1.807) is 86.0 Å². The number of hydrogen-bond donors (Lipinski definition) is 4. The van der Waals surface area contributed by atoms with Gasteiger partial charge in [0.1, 0.15) is 17.7 Å². The summed E-state index contributed by atoms with van der Waals surface area (Å²) in [5, 5.41) is 9.99. The predicted molar refractivity (Wildman–Crippen MR) is 208 cm³/mol. The van der Waals surface area contributed by atoms with Crippen molar-refractivity contribution in [3.63, 3.8) is 0 Å². The van der Waals surface area contributed by atoms with Crippen molar-refractivity contribution in [3.05, 3.63) is 35.9 Å². The molecule has 0 bridgehead atoms. The Morgan fingerprint density at radius 3 is 1.91 bits per heavy atom. The molecule has 0 aromatic heterocycles. The minimum atomic E-state index is -1.08. The van der Waals surface area contributed by atoms with E-state index in [0.717, 1.165) is 5.92 Å². The van der Waals surface area contributed by atoms with Crippen molar-refractivity contribution in [2.75, 3.05) is 33.7 Å². The van der Waals surface area contributed by atoms with Gasteiger partial charge in [-0.2, -0.15) is 0 Å². The third-order valence-electron chi connectivity index (χ3n) is 8.51. The highest BCUT2D eigenvalue weighted by Gasteiger charge is 2.42. The number of nitrogens with one attached hydrogen (secondary N) is 4. The van der Waals surface area contributed by atoms with E-state index in [1.165, 1.54) is 35.5 Å². The van der Waals surface area contributed by atoms with Gasteiger partial charge in [-0.25, -0.2) is 4.79 Å². The Labute approximate surface area is 322 Å². The first-order valence-electron chi connectivity index (χ1n) is 19.0. The van der Waals surface area contributed by atoms with Crippen LogP contribution in [0.1, 0.15) is 119 Å². The summed E-state index contributed by atoms with van der Waals surface area (Å²) in [6, 6.07) is 6.33. The molecule has 2 fully saturated rings. The SMILES string of the molecule is CC1CCC1.CCC.CN(C)C(=O)CC(NC(=O)CNC(=O)C(=O)CNC(=O)C1CCCN1C(=O)C(NC(=O)OC(C)(C)C)C(C)(C)C)c1ccccc1. The lowest BCUT2D eigenvalue weighted by atomic mass is 9.85. The third kappa shape index (κ3) is 17.6. The van der Waals surface area contributed by atoms with Crippen LogP contribution in [0.3, 0.4) is 0 Å². The molecule has 4 N–H and O–H groups in total. The highest BCUT2D eigenvalue weighted by atomic mass is 16.6. The number of alkyl carbamates (subject to hydrolysis) is 1. The Morgan fingerprint density at radius 1 is 0.852 bits per heavy atom. The van der Waals surface area contributed by atoms with Crippen molar-refractivity contribution in [3.8, 4) is 0 Å². The van der Waals surface area contributed by atoms with Gasteiger partial charge in [0.25, 0.3) is 5.91 Å². The first-order valence-corrected chi connectivity index (χ1v) is 19.0. The van der Waals surface area contributed by atoms with Crippen LogP contribution in [-0.4, -0.2) is 103 Å². The lowest BCUT2D eigenvalue weighted by Crippen LogP contribution is -2.58. The number of likely N-dealkylation sites (tertiary alicyclic amines) is 1. The Bertz CT molecular complexity index is 1400. The third-order valence-corrected chi connectivity index (χ3v) is 8.51. The average molecular weight is 759 g/mol. The zero-order valence-electron chi connectivity index (χ0n) is 34.4. The summed E-state index contributed by atoms with van der Waals surface area (Å²) in [4.78, 5) is 91.6. The van der Waals surface area contributed by atoms with E-state index in [-0.39, 0.29) is 18.9 Å². The van der Waals surface area contributed by atoms with Gasteiger partial charge < -0.3 is 35.8 Å². The molecule has 3 atom stereocenters. The van der Waals surface area contributed by atoms with Gasteiger partial charge >= 0.3 is 6.09 Å². The first kappa shape index (κ1) is 47.5. The molecule has 1 aromatic rings. The minimum Gasteiger partial charge on any atom is -0.444 e. The van der Waals surface area contributed by atoms with Crippen LogP contribution >= 0.6 is 0 Å². The van der Waals surface area contributed by atoms with Gasteiger partial charge in [0.15, 0.2) is 0 Å². The number of hydrogen-bond acceptors (Lipinski definition) is 8. The lowest BCUT2D eigenvalue weighted by molar-refractivity contribution is -0.142. The molecule has 1 aliphatic carbocycles. The standard InChI is InChI=1S/C32H48N6O8.C5H10.C3H8/c1-31(2,3)26(36-30(45)46-32(4,5)6)29(44)38-16-12-15-22(38)27(42)33-18-23(39)28(43)34-19-24(40)35-21(17-25(41)37(7)8)20-13-10-9-11-14-20;1-5-3-2-4-5;1-3-2/h9-11,13-14,21-22,26H,12,15-19H2,1-8H3,(H,33,42)(H,34,43)(H,35,40)(H,36,45);5H,2-4H2,1H3;3H2,1-2H3. The lowest BCUT2D eigenvalue weighted by Gasteiger charge is -2.35. The van der Waals surface area contributed by atoms with Gasteiger partial charge in [-0.05, 0) is 50.5 Å². The zero-order chi connectivity index (χ0) is 41.2. The molecule has 2 aliphatic rings. The summed E-state index contributed by atoms with van der Waals surface area (Å²) in [6.07, 6.45) is 5.81. The number of Topliss-reactive ketones (excluding diaryl/α,β-unsaturated/α-hetero) is 1. The van der Waals surface area contributed by atoms with E-state index in [2.05, 4.69) is 42.0 Å². The summed E-state index contributed by atoms with van der Waals surface area (Å²) in [6.45, 7) is 16.1. The number of rotatable bonds is 12.